The summed E-state index contributed by atoms with van der Waals surface area (Å²) >= 11 is 3.31. The molecule has 0 aliphatic carbocycles. The Hall–Kier alpha value is -0.850. The van der Waals surface area contributed by atoms with Crippen LogP contribution in [0.2, 0.25) is 0 Å². The third-order valence-corrected chi connectivity index (χ3v) is 3.30. The van der Waals surface area contributed by atoms with Gasteiger partial charge in [-0.3, -0.25) is 4.79 Å². The van der Waals surface area contributed by atoms with E-state index in [-0.39, 0.29) is 19.1 Å². The first-order valence-corrected chi connectivity index (χ1v) is 6.20. The summed E-state index contributed by atoms with van der Waals surface area (Å²) in [6.07, 6.45) is 2.37. The highest BCUT2D eigenvalue weighted by Crippen LogP contribution is 2.18. The van der Waals surface area contributed by atoms with Crippen LogP contribution < -0.4 is 5.32 Å². The number of ether oxygens (including phenoxy) is 1. The molecule has 94 valence electrons. The minimum Gasteiger partial charge on any atom is -0.386 e. The molecular weight excluding hydrogens is 288 g/mol. The quantitative estimate of drug-likeness (QED) is 0.862. The maximum atomic E-state index is 11.9. The highest BCUT2D eigenvalue weighted by molar-refractivity contribution is 9.10. The predicted octanol–water partition coefficient (Wildman–Crippen LogP) is 0.669. The number of hydrogen-bond donors (Lipinski definition) is 2. The Morgan fingerprint density at radius 3 is 3.06 bits per heavy atom. The maximum absolute atomic E-state index is 11.9. The topological polar surface area (TPSA) is 63.5 Å². The van der Waals surface area contributed by atoms with Crippen molar-refractivity contribution in [3.05, 3.63) is 22.4 Å². The Labute approximate surface area is 108 Å². The number of aliphatic hydroxyl groups is 1. The second-order valence-electron chi connectivity index (χ2n) is 4.36. The van der Waals surface area contributed by atoms with Gasteiger partial charge < -0.3 is 19.7 Å². The van der Waals surface area contributed by atoms with E-state index in [0.29, 0.717) is 18.7 Å². The van der Waals surface area contributed by atoms with Crippen LogP contribution in [-0.2, 0) is 11.8 Å². The number of rotatable bonds is 3. The van der Waals surface area contributed by atoms with Gasteiger partial charge in [-0.05, 0) is 22.0 Å². The van der Waals surface area contributed by atoms with E-state index in [4.69, 9.17) is 4.74 Å². The molecule has 2 heterocycles. The standard InChI is InChI=1S/C11H15BrN2O3/c1-14-5-8(12)4-9(14)10(15)13-6-11(16)2-3-17-7-11/h4-5,16H,2-3,6-7H2,1H3,(H,13,15). The van der Waals surface area contributed by atoms with Crippen LogP contribution in [-0.4, -0.2) is 40.9 Å². The van der Waals surface area contributed by atoms with E-state index >= 15 is 0 Å². The lowest BCUT2D eigenvalue weighted by Gasteiger charge is -2.20. The number of halogens is 1. The Bertz CT molecular complexity index is 424. The zero-order chi connectivity index (χ0) is 12.5. The van der Waals surface area contributed by atoms with Crippen molar-refractivity contribution in [2.75, 3.05) is 19.8 Å². The monoisotopic (exact) mass is 302 g/mol. The van der Waals surface area contributed by atoms with Crippen LogP contribution in [0.1, 0.15) is 16.9 Å². The van der Waals surface area contributed by atoms with Gasteiger partial charge in [0.2, 0.25) is 0 Å². The highest BCUT2D eigenvalue weighted by atomic mass is 79.9. The lowest BCUT2D eigenvalue weighted by molar-refractivity contribution is 0.0263. The van der Waals surface area contributed by atoms with E-state index in [2.05, 4.69) is 21.2 Å². The molecule has 0 saturated carbocycles. The van der Waals surface area contributed by atoms with E-state index in [1.165, 1.54) is 0 Å². The van der Waals surface area contributed by atoms with Gasteiger partial charge in [-0.2, -0.15) is 0 Å². The van der Waals surface area contributed by atoms with Crippen LogP contribution in [0.4, 0.5) is 0 Å². The van der Waals surface area contributed by atoms with E-state index in [0.717, 1.165) is 4.47 Å². The fourth-order valence-corrected chi connectivity index (χ4v) is 2.35. The molecule has 1 unspecified atom stereocenters. The molecule has 1 atom stereocenters. The number of aromatic nitrogens is 1. The van der Waals surface area contributed by atoms with Gasteiger partial charge in [-0.25, -0.2) is 0 Å². The van der Waals surface area contributed by atoms with Gasteiger partial charge in [0.05, 0.1) is 6.61 Å². The SMILES string of the molecule is Cn1cc(Br)cc1C(=O)NCC1(O)CCOC1. The van der Waals surface area contributed by atoms with Crippen molar-refractivity contribution in [2.45, 2.75) is 12.0 Å². The van der Waals surface area contributed by atoms with E-state index in [1.54, 1.807) is 17.7 Å². The Kier molecular flexibility index (Phi) is 3.56. The van der Waals surface area contributed by atoms with Gasteiger partial charge in [0.25, 0.3) is 5.91 Å². The van der Waals surface area contributed by atoms with Gasteiger partial charge in [0.1, 0.15) is 11.3 Å². The molecule has 0 aromatic carbocycles. The summed E-state index contributed by atoms with van der Waals surface area (Å²) in [7, 11) is 1.80. The maximum Gasteiger partial charge on any atom is 0.268 e. The zero-order valence-electron chi connectivity index (χ0n) is 9.57. The third kappa shape index (κ3) is 2.88. The number of carbonyl (C=O) groups is 1. The van der Waals surface area contributed by atoms with Crippen molar-refractivity contribution >= 4 is 21.8 Å². The fourth-order valence-electron chi connectivity index (χ4n) is 1.82. The normalized spacial score (nSPS) is 23.9. The van der Waals surface area contributed by atoms with Crippen LogP contribution in [0, 0.1) is 0 Å². The molecule has 1 saturated heterocycles. The third-order valence-electron chi connectivity index (χ3n) is 2.86. The number of carbonyl (C=O) groups excluding carboxylic acids is 1. The summed E-state index contributed by atoms with van der Waals surface area (Å²) in [5.41, 5.74) is -0.364. The van der Waals surface area contributed by atoms with Crippen molar-refractivity contribution in [1.82, 2.24) is 9.88 Å². The second kappa shape index (κ2) is 4.80. The van der Waals surface area contributed by atoms with Crippen molar-refractivity contribution in [1.29, 1.82) is 0 Å². The zero-order valence-corrected chi connectivity index (χ0v) is 11.2. The number of nitrogens with zero attached hydrogens (tertiary/aromatic N) is 1. The lowest BCUT2D eigenvalue weighted by Crippen LogP contribution is -2.43. The Morgan fingerprint density at radius 1 is 1.76 bits per heavy atom. The Morgan fingerprint density at radius 2 is 2.53 bits per heavy atom. The first-order chi connectivity index (χ1) is 8.00. The average Bonchev–Trinajstić information content (AvgIpc) is 2.83. The Balaban J connectivity index is 1.95. The molecule has 1 amide bonds. The fraction of sp³-hybridized carbons (Fsp3) is 0.545. The van der Waals surface area contributed by atoms with Crippen LogP contribution >= 0.6 is 15.9 Å². The molecule has 0 radical (unpaired) electrons. The van der Waals surface area contributed by atoms with E-state index < -0.39 is 5.60 Å². The highest BCUT2D eigenvalue weighted by Gasteiger charge is 2.32. The molecule has 2 N–H and O–H groups in total. The minimum absolute atomic E-state index is 0.196. The summed E-state index contributed by atoms with van der Waals surface area (Å²) in [6.45, 7) is 1.04. The summed E-state index contributed by atoms with van der Waals surface area (Å²) in [5, 5.41) is 12.7. The van der Waals surface area contributed by atoms with E-state index in [9.17, 15) is 9.90 Å². The summed E-state index contributed by atoms with van der Waals surface area (Å²) in [5.74, 6) is -0.196. The number of amides is 1. The lowest BCUT2D eigenvalue weighted by atomic mass is 10.0. The minimum atomic E-state index is -0.919. The summed E-state index contributed by atoms with van der Waals surface area (Å²) in [6, 6.07) is 1.74. The smallest absolute Gasteiger partial charge is 0.268 e. The van der Waals surface area contributed by atoms with Crippen LogP contribution in [0.5, 0.6) is 0 Å². The van der Waals surface area contributed by atoms with E-state index in [1.807, 2.05) is 6.20 Å². The van der Waals surface area contributed by atoms with Gasteiger partial charge in [0, 0.05) is 37.3 Å². The summed E-state index contributed by atoms with van der Waals surface area (Å²) < 4.78 is 7.70. The summed E-state index contributed by atoms with van der Waals surface area (Å²) in [4.78, 5) is 11.9. The largest absolute Gasteiger partial charge is 0.386 e. The van der Waals surface area contributed by atoms with Crippen LogP contribution in [0.15, 0.2) is 16.7 Å². The molecule has 2 rings (SSSR count). The molecule has 1 aromatic rings. The predicted molar refractivity (Wildman–Crippen MR) is 65.8 cm³/mol. The second-order valence-corrected chi connectivity index (χ2v) is 5.28. The molecule has 17 heavy (non-hydrogen) atoms. The molecule has 0 spiro atoms. The molecule has 1 aliphatic rings. The van der Waals surface area contributed by atoms with Gasteiger partial charge >= 0.3 is 0 Å². The van der Waals surface area contributed by atoms with Crippen molar-refractivity contribution in [2.24, 2.45) is 7.05 Å². The van der Waals surface area contributed by atoms with Gasteiger partial charge in [-0.1, -0.05) is 0 Å². The first kappa shape index (κ1) is 12.6. The van der Waals surface area contributed by atoms with Crippen molar-refractivity contribution in [3.8, 4) is 0 Å². The molecule has 6 heteroatoms. The van der Waals surface area contributed by atoms with Crippen LogP contribution in [0.25, 0.3) is 0 Å². The molecular formula is C11H15BrN2O3. The molecule has 5 nitrogen and oxygen atoms in total. The molecule has 1 aromatic heterocycles. The van der Waals surface area contributed by atoms with Crippen molar-refractivity contribution < 1.29 is 14.6 Å². The average molecular weight is 303 g/mol. The van der Waals surface area contributed by atoms with Crippen molar-refractivity contribution in [3.63, 3.8) is 0 Å². The number of hydrogen-bond acceptors (Lipinski definition) is 3. The number of aryl methyl sites for hydroxylation is 1. The molecule has 1 fully saturated rings. The van der Waals surface area contributed by atoms with Gasteiger partial charge in [-0.15, -0.1) is 0 Å². The number of nitrogens with one attached hydrogen (secondary N) is 1. The van der Waals surface area contributed by atoms with Crippen LogP contribution in [0.3, 0.4) is 0 Å². The first-order valence-electron chi connectivity index (χ1n) is 5.40. The molecule has 0 bridgehead atoms. The molecule has 1 aliphatic heterocycles. The van der Waals surface area contributed by atoms with Gasteiger partial charge in [0.15, 0.2) is 0 Å².